The van der Waals surface area contributed by atoms with Crippen molar-refractivity contribution in [2.75, 3.05) is 13.1 Å². The predicted molar refractivity (Wildman–Crippen MR) is 96.8 cm³/mol. The van der Waals surface area contributed by atoms with Gasteiger partial charge < -0.3 is 24.9 Å². The number of aromatic nitrogens is 2. The van der Waals surface area contributed by atoms with Gasteiger partial charge in [-0.1, -0.05) is 0 Å². The van der Waals surface area contributed by atoms with Crippen LogP contribution >= 0.6 is 0 Å². The van der Waals surface area contributed by atoms with Gasteiger partial charge >= 0.3 is 6.09 Å². The number of hydrogen-bond donors (Lipinski definition) is 2. The summed E-state index contributed by atoms with van der Waals surface area (Å²) >= 11 is 0. The molecule has 0 bridgehead atoms. The molecule has 0 spiro atoms. The molecule has 7 nitrogen and oxygen atoms in total. The highest BCUT2D eigenvalue weighted by atomic mass is 16.6. The molecule has 2 fully saturated rings. The Bertz CT molecular complexity index is 858. The molecule has 3 N–H and O–H groups in total. The summed E-state index contributed by atoms with van der Waals surface area (Å²) in [6, 6.07) is 2.05. The number of carbonyl (C=O) groups excluding carboxylic acids is 1. The first-order valence-corrected chi connectivity index (χ1v) is 9.11. The molecule has 2 aliphatic rings. The molecule has 1 aliphatic carbocycles. The summed E-state index contributed by atoms with van der Waals surface area (Å²) in [6.45, 7) is 6.25. The smallest absolute Gasteiger partial charge is 0.410 e. The summed E-state index contributed by atoms with van der Waals surface area (Å²) in [7, 11) is 0. The van der Waals surface area contributed by atoms with Gasteiger partial charge in [-0.05, 0) is 51.2 Å². The van der Waals surface area contributed by atoms with E-state index in [0.717, 1.165) is 11.3 Å². The number of nitrogens with two attached hydrogens (primary N) is 1. The van der Waals surface area contributed by atoms with Crippen molar-refractivity contribution in [3.63, 3.8) is 0 Å². The Balaban J connectivity index is 1.64. The number of ether oxygens (including phenoxy) is 1. The molecule has 2 aromatic heterocycles. The fraction of sp³-hybridized carbons (Fsp3) is 0.579. The lowest BCUT2D eigenvalue weighted by atomic mass is 9.86. The lowest BCUT2D eigenvalue weighted by Gasteiger charge is -2.46. The number of nitrogens with zero attached hydrogens (tertiary/aromatic N) is 3. The van der Waals surface area contributed by atoms with Crippen molar-refractivity contribution in [3.05, 3.63) is 35.3 Å². The highest BCUT2D eigenvalue weighted by Gasteiger charge is 2.48. The first kappa shape index (κ1) is 17.3. The molecule has 1 saturated heterocycles. The number of aliphatic hydroxyl groups is 1. The minimum atomic E-state index is -1.11. The highest BCUT2D eigenvalue weighted by Crippen LogP contribution is 2.43. The van der Waals surface area contributed by atoms with Gasteiger partial charge in [0.05, 0.1) is 18.8 Å². The van der Waals surface area contributed by atoms with Crippen molar-refractivity contribution >= 4 is 11.7 Å². The molecule has 1 saturated carbocycles. The number of likely N-dealkylation sites (tertiary alicyclic amines) is 1. The van der Waals surface area contributed by atoms with Gasteiger partial charge in [0.1, 0.15) is 16.8 Å². The summed E-state index contributed by atoms with van der Waals surface area (Å²) in [4.78, 5) is 18.3. The van der Waals surface area contributed by atoms with Crippen molar-refractivity contribution in [2.45, 2.75) is 57.3 Å². The van der Waals surface area contributed by atoms with E-state index in [9.17, 15) is 9.90 Å². The Morgan fingerprint density at radius 2 is 2.08 bits per heavy atom. The minimum Gasteiger partial charge on any atom is -0.444 e. The zero-order valence-corrected chi connectivity index (χ0v) is 15.5. The van der Waals surface area contributed by atoms with E-state index in [1.807, 2.05) is 37.4 Å². The predicted octanol–water partition coefficient (Wildman–Crippen LogP) is 2.11. The van der Waals surface area contributed by atoms with Gasteiger partial charge in [0.15, 0.2) is 0 Å². The molecule has 0 unspecified atom stereocenters. The molecular weight excluding hydrogens is 332 g/mol. The van der Waals surface area contributed by atoms with Crippen LogP contribution in [0.1, 0.15) is 56.4 Å². The summed E-state index contributed by atoms with van der Waals surface area (Å²) in [5, 5.41) is 11.2. The molecule has 3 heterocycles. The zero-order valence-electron chi connectivity index (χ0n) is 15.5. The zero-order chi connectivity index (χ0) is 18.7. The van der Waals surface area contributed by atoms with Crippen LogP contribution in [0.3, 0.4) is 0 Å². The van der Waals surface area contributed by atoms with Crippen molar-refractivity contribution in [3.8, 4) is 0 Å². The summed E-state index contributed by atoms with van der Waals surface area (Å²) < 4.78 is 7.35. The molecule has 0 aromatic carbocycles. The lowest BCUT2D eigenvalue weighted by Crippen LogP contribution is -2.62. The van der Waals surface area contributed by atoms with Crippen LogP contribution in [0.5, 0.6) is 0 Å². The Kier molecular flexibility index (Phi) is 3.79. The molecular formula is C19H26N4O3. The van der Waals surface area contributed by atoms with Gasteiger partial charge in [0.2, 0.25) is 0 Å². The van der Waals surface area contributed by atoms with Crippen molar-refractivity contribution in [1.82, 2.24) is 14.3 Å². The number of amides is 1. The lowest BCUT2D eigenvalue weighted by molar-refractivity contribution is -0.103. The SMILES string of the molecule is CC(C)(C)OC(=O)N1CC(O)(c2cc(C3CC3)cn3cc(CN)nc23)C1. The Morgan fingerprint density at radius 3 is 2.65 bits per heavy atom. The van der Waals surface area contributed by atoms with Crippen LogP contribution in [-0.4, -0.2) is 44.2 Å². The number of imidazole rings is 1. The molecule has 140 valence electrons. The van der Waals surface area contributed by atoms with Crippen LogP contribution in [-0.2, 0) is 16.9 Å². The first-order valence-electron chi connectivity index (χ1n) is 9.11. The molecule has 4 rings (SSSR count). The van der Waals surface area contributed by atoms with E-state index in [4.69, 9.17) is 10.5 Å². The number of carbonyl (C=O) groups is 1. The van der Waals surface area contributed by atoms with E-state index in [2.05, 4.69) is 11.2 Å². The summed E-state index contributed by atoms with van der Waals surface area (Å²) in [5.41, 5.74) is 7.54. The van der Waals surface area contributed by atoms with Gasteiger partial charge in [-0.25, -0.2) is 9.78 Å². The number of hydrogen-bond acceptors (Lipinski definition) is 5. The molecule has 2 aromatic rings. The maximum Gasteiger partial charge on any atom is 0.410 e. The Morgan fingerprint density at radius 1 is 1.38 bits per heavy atom. The number of pyridine rings is 1. The van der Waals surface area contributed by atoms with Crippen LogP contribution in [0.15, 0.2) is 18.5 Å². The van der Waals surface area contributed by atoms with Gasteiger partial charge in [-0.15, -0.1) is 0 Å². The van der Waals surface area contributed by atoms with Gasteiger partial charge in [-0.2, -0.15) is 0 Å². The minimum absolute atomic E-state index is 0.205. The third-order valence-corrected chi connectivity index (χ3v) is 4.94. The fourth-order valence-corrected chi connectivity index (χ4v) is 3.46. The second kappa shape index (κ2) is 5.69. The highest BCUT2D eigenvalue weighted by molar-refractivity contribution is 5.70. The fourth-order valence-electron chi connectivity index (χ4n) is 3.46. The average molecular weight is 358 g/mol. The Hall–Kier alpha value is -2.12. The van der Waals surface area contributed by atoms with E-state index >= 15 is 0 Å². The standard InChI is InChI=1S/C19H26N4O3/c1-18(2,3)26-17(24)23-10-19(25,11-23)15-6-13(12-4-5-12)8-22-9-14(7-20)21-16(15)22/h6,8-9,12,25H,4-5,7,10-11,20H2,1-3H3. The largest absolute Gasteiger partial charge is 0.444 e. The number of rotatable bonds is 3. The van der Waals surface area contributed by atoms with Gasteiger partial charge in [0.25, 0.3) is 0 Å². The molecule has 0 atom stereocenters. The maximum atomic E-state index is 12.2. The second-order valence-corrected chi connectivity index (χ2v) is 8.50. The van der Waals surface area contributed by atoms with Gasteiger partial charge in [-0.3, -0.25) is 0 Å². The van der Waals surface area contributed by atoms with Crippen molar-refractivity contribution in [1.29, 1.82) is 0 Å². The Labute approximate surface area is 152 Å². The molecule has 26 heavy (non-hydrogen) atoms. The van der Waals surface area contributed by atoms with E-state index in [1.165, 1.54) is 23.3 Å². The summed E-state index contributed by atoms with van der Waals surface area (Å²) in [5.74, 6) is 0.549. The quantitative estimate of drug-likeness (QED) is 0.876. The van der Waals surface area contributed by atoms with Crippen LogP contribution in [0.25, 0.3) is 5.65 Å². The van der Waals surface area contributed by atoms with Crippen LogP contribution in [0.2, 0.25) is 0 Å². The number of fused-ring (bicyclic) bond motifs is 1. The van der Waals surface area contributed by atoms with Gasteiger partial charge in [0, 0.05) is 24.5 Å². The monoisotopic (exact) mass is 358 g/mol. The molecule has 1 aliphatic heterocycles. The number of β-amino-alcohol motifs (C(OH)–C–C–N with tert-alkyl or cyclic N) is 1. The van der Waals surface area contributed by atoms with E-state index in [0.29, 0.717) is 18.1 Å². The average Bonchev–Trinajstić information content (AvgIpc) is 3.28. The molecule has 1 amide bonds. The topological polar surface area (TPSA) is 93.1 Å². The van der Waals surface area contributed by atoms with Crippen molar-refractivity contribution < 1.29 is 14.6 Å². The molecule has 7 heteroatoms. The third kappa shape index (κ3) is 3.05. The van der Waals surface area contributed by atoms with E-state index < -0.39 is 17.3 Å². The van der Waals surface area contributed by atoms with E-state index in [-0.39, 0.29) is 13.1 Å². The third-order valence-electron chi connectivity index (χ3n) is 4.94. The molecule has 0 radical (unpaired) electrons. The van der Waals surface area contributed by atoms with E-state index in [1.54, 1.807) is 0 Å². The van der Waals surface area contributed by atoms with Crippen LogP contribution in [0.4, 0.5) is 4.79 Å². The summed E-state index contributed by atoms with van der Waals surface area (Å²) in [6.07, 6.45) is 5.94. The maximum absolute atomic E-state index is 12.2. The second-order valence-electron chi connectivity index (χ2n) is 8.50. The van der Waals surface area contributed by atoms with Crippen LogP contribution < -0.4 is 5.73 Å². The normalized spacial score (nSPS) is 19.5. The van der Waals surface area contributed by atoms with Crippen molar-refractivity contribution in [2.24, 2.45) is 5.73 Å². The van der Waals surface area contributed by atoms with Crippen LogP contribution in [0, 0.1) is 0 Å². The first-order chi connectivity index (χ1) is 12.2.